The first-order chi connectivity index (χ1) is 13.8. The molecule has 5 nitrogen and oxygen atoms in total. The van der Waals surface area contributed by atoms with Crippen molar-refractivity contribution < 1.29 is 18.4 Å². The van der Waals surface area contributed by atoms with Gasteiger partial charge in [-0.2, -0.15) is 0 Å². The summed E-state index contributed by atoms with van der Waals surface area (Å²) in [6.07, 6.45) is 5.48. The first-order valence-corrected chi connectivity index (χ1v) is 10.6. The molecule has 3 amide bonds. The lowest BCUT2D eigenvalue weighted by atomic mass is 9.65. The SMILES string of the molecule is CN1CCC2(CC(C(=O)N[C@H](c3c(F)ccc(Cl)c3F)C3CCCC3)C2)NC1=O. The van der Waals surface area contributed by atoms with Crippen molar-refractivity contribution in [2.75, 3.05) is 13.6 Å². The predicted molar refractivity (Wildman–Crippen MR) is 105 cm³/mol. The molecule has 4 rings (SSSR count). The minimum Gasteiger partial charge on any atom is -0.349 e. The number of halogens is 3. The molecule has 1 heterocycles. The molecule has 2 aliphatic carbocycles. The smallest absolute Gasteiger partial charge is 0.317 e. The monoisotopic (exact) mass is 425 g/mol. The first kappa shape index (κ1) is 20.4. The lowest BCUT2D eigenvalue weighted by molar-refractivity contribution is -0.132. The van der Waals surface area contributed by atoms with Gasteiger partial charge in [0.2, 0.25) is 5.91 Å². The average molecular weight is 426 g/mol. The Bertz CT molecular complexity index is 822. The van der Waals surface area contributed by atoms with Gasteiger partial charge >= 0.3 is 6.03 Å². The summed E-state index contributed by atoms with van der Waals surface area (Å²) < 4.78 is 29.2. The average Bonchev–Trinajstić information content (AvgIpc) is 3.19. The Kier molecular flexibility index (Phi) is 5.44. The Morgan fingerprint density at radius 3 is 2.66 bits per heavy atom. The summed E-state index contributed by atoms with van der Waals surface area (Å²) in [5, 5.41) is 5.78. The lowest BCUT2D eigenvalue weighted by Gasteiger charge is -2.51. The molecule has 2 N–H and O–H groups in total. The second kappa shape index (κ2) is 7.74. The number of hydrogen-bond acceptors (Lipinski definition) is 2. The van der Waals surface area contributed by atoms with Crippen LogP contribution in [0.15, 0.2) is 12.1 Å². The number of carbonyl (C=O) groups is 2. The molecule has 2 saturated carbocycles. The van der Waals surface area contributed by atoms with Crippen LogP contribution in [0.4, 0.5) is 13.6 Å². The number of rotatable bonds is 4. The Labute approximate surface area is 174 Å². The standard InChI is InChI=1S/C21H26ClF2N3O2/c1-27-9-8-21(26-20(27)29)10-13(11-21)19(28)25-18(12-4-2-3-5-12)16-15(23)7-6-14(22)17(16)24/h6-7,12-13,18H,2-5,8-11H2,1H3,(H,25,28)(H,26,29)/t13?,18-,21?/m0/s1. The zero-order valence-corrected chi connectivity index (χ0v) is 17.2. The number of nitrogens with zero attached hydrogens (tertiary/aromatic N) is 1. The highest BCUT2D eigenvalue weighted by Gasteiger charge is 2.50. The summed E-state index contributed by atoms with van der Waals surface area (Å²) in [5.41, 5.74) is -0.472. The quantitative estimate of drug-likeness (QED) is 0.711. The van der Waals surface area contributed by atoms with Gasteiger partial charge in [0.05, 0.1) is 11.1 Å². The third kappa shape index (κ3) is 3.81. The number of nitrogens with one attached hydrogen (secondary N) is 2. The topological polar surface area (TPSA) is 61.4 Å². The number of urea groups is 1. The minimum absolute atomic E-state index is 0.0153. The van der Waals surface area contributed by atoms with E-state index in [1.54, 1.807) is 11.9 Å². The molecule has 29 heavy (non-hydrogen) atoms. The maximum Gasteiger partial charge on any atom is 0.317 e. The fraction of sp³-hybridized carbons (Fsp3) is 0.619. The van der Waals surface area contributed by atoms with E-state index in [1.807, 2.05) is 0 Å². The van der Waals surface area contributed by atoms with Crippen molar-refractivity contribution in [1.82, 2.24) is 15.5 Å². The van der Waals surface area contributed by atoms with Crippen molar-refractivity contribution >= 4 is 23.5 Å². The third-order valence-electron chi connectivity index (χ3n) is 6.85. The van der Waals surface area contributed by atoms with Crippen LogP contribution in [0.25, 0.3) is 0 Å². The molecule has 0 unspecified atom stereocenters. The normalized spacial score (nSPS) is 28.2. The van der Waals surface area contributed by atoms with Gasteiger partial charge in [0.1, 0.15) is 11.6 Å². The molecule has 0 bridgehead atoms. The second-order valence-corrected chi connectivity index (χ2v) is 9.18. The fourth-order valence-electron chi connectivity index (χ4n) is 5.06. The van der Waals surface area contributed by atoms with Crippen LogP contribution in [0.3, 0.4) is 0 Å². The molecule has 1 aromatic carbocycles. The number of hydrogen-bond donors (Lipinski definition) is 2. The summed E-state index contributed by atoms with van der Waals surface area (Å²) in [6.45, 7) is 0.657. The van der Waals surface area contributed by atoms with Gasteiger partial charge in [-0.15, -0.1) is 0 Å². The molecular weight excluding hydrogens is 400 g/mol. The van der Waals surface area contributed by atoms with Gasteiger partial charge in [-0.3, -0.25) is 4.79 Å². The van der Waals surface area contributed by atoms with Gasteiger partial charge in [0.25, 0.3) is 0 Å². The highest BCUT2D eigenvalue weighted by Crippen LogP contribution is 2.44. The molecule has 1 spiro atoms. The number of amides is 3. The van der Waals surface area contributed by atoms with E-state index < -0.39 is 17.7 Å². The molecule has 1 aliphatic heterocycles. The van der Waals surface area contributed by atoms with Gasteiger partial charge in [-0.25, -0.2) is 13.6 Å². The van der Waals surface area contributed by atoms with E-state index in [-0.39, 0.29) is 39.9 Å². The minimum atomic E-state index is -0.795. The van der Waals surface area contributed by atoms with Gasteiger partial charge in [-0.1, -0.05) is 24.4 Å². The molecule has 0 aromatic heterocycles. The van der Waals surface area contributed by atoms with Crippen LogP contribution >= 0.6 is 11.6 Å². The van der Waals surface area contributed by atoms with Gasteiger partial charge in [0, 0.05) is 30.6 Å². The third-order valence-corrected chi connectivity index (χ3v) is 7.14. The summed E-state index contributed by atoms with van der Waals surface area (Å²) in [7, 11) is 1.74. The Morgan fingerprint density at radius 2 is 2.00 bits per heavy atom. The van der Waals surface area contributed by atoms with Crippen LogP contribution in [0.2, 0.25) is 5.02 Å². The molecule has 0 radical (unpaired) electrons. The lowest BCUT2D eigenvalue weighted by Crippen LogP contribution is -2.66. The molecule has 158 valence electrons. The van der Waals surface area contributed by atoms with Crippen LogP contribution in [-0.4, -0.2) is 36.0 Å². The summed E-state index contributed by atoms with van der Waals surface area (Å²) >= 11 is 5.90. The van der Waals surface area contributed by atoms with E-state index >= 15 is 0 Å². The molecule has 3 aliphatic rings. The summed E-state index contributed by atoms with van der Waals surface area (Å²) in [5.74, 6) is -1.97. The van der Waals surface area contributed by atoms with Crippen LogP contribution in [0, 0.1) is 23.5 Å². The molecule has 8 heteroatoms. The van der Waals surface area contributed by atoms with Crippen LogP contribution < -0.4 is 10.6 Å². The molecule has 1 saturated heterocycles. The molecular formula is C21H26ClF2N3O2. The first-order valence-electron chi connectivity index (χ1n) is 10.3. The van der Waals surface area contributed by atoms with Crippen molar-refractivity contribution in [2.45, 2.75) is 56.5 Å². The van der Waals surface area contributed by atoms with Crippen LogP contribution in [0.5, 0.6) is 0 Å². The van der Waals surface area contributed by atoms with Crippen molar-refractivity contribution in [3.05, 3.63) is 34.4 Å². The Morgan fingerprint density at radius 1 is 1.31 bits per heavy atom. The van der Waals surface area contributed by atoms with E-state index in [4.69, 9.17) is 11.6 Å². The molecule has 1 aromatic rings. The highest BCUT2D eigenvalue weighted by atomic mass is 35.5. The van der Waals surface area contributed by atoms with Gasteiger partial charge in [0.15, 0.2) is 0 Å². The molecule has 1 atom stereocenters. The van der Waals surface area contributed by atoms with E-state index in [9.17, 15) is 18.4 Å². The van der Waals surface area contributed by atoms with E-state index in [2.05, 4.69) is 10.6 Å². The fourth-order valence-corrected chi connectivity index (χ4v) is 5.22. The zero-order valence-electron chi connectivity index (χ0n) is 16.4. The maximum absolute atomic E-state index is 14.7. The van der Waals surface area contributed by atoms with Gasteiger partial charge in [-0.05, 0) is 50.2 Å². The second-order valence-electron chi connectivity index (χ2n) is 8.77. The van der Waals surface area contributed by atoms with E-state index in [1.165, 1.54) is 6.07 Å². The van der Waals surface area contributed by atoms with E-state index in [0.717, 1.165) is 38.2 Å². The van der Waals surface area contributed by atoms with Crippen LogP contribution in [-0.2, 0) is 4.79 Å². The van der Waals surface area contributed by atoms with Crippen molar-refractivity contribution in [1.29, 1.82) is 0 Å². The maximum atomic E-state index is 14.7. The number of benzene rings is 1. The van der Waals surface area contributed by atoms with Crippen molar-refractivity contribution in [3.8, 4) is 0 Å². The highest BCUT2D eigenvalue weighted by molar-refractivity contribution is 6.30. The summed E-state index contributed by atoms with van der Waals surface area (Å²) in [4.78, 5) is 26.5. The predicted octanol–water partition coefficient (Wildman–Crippen LogP) is 4.16. The van der Waals surface area contributed by atoms with Gasteiger partial charge < -0.3 is 15.5 Å². The summed E-state index contributed by atoms with van der Waals surface area (Å²) in [6, 6.07) is 1.50. The Hall–Kier alpha value is -1.89. The molecule has 3 fully saturated rings. The van der Waals surface area contributed by atoms with Crippen molar-refractivity contribution in [3.63, 3.8) is 0 Å². The van der Waals surface area contributed by atoms with E-state index in [0.29, 0.717) is 19.4 Å². The van der Waals surface area contributed by atoms with Crippen molar-refractivity contribution in [2.24, 2.45) is 11.8 Å². The largest absolute Gasteiger partial charge is 0.349 e. The van der Waals surface area contributed by atoms with Crippen LogP contribution in [0.1, 0.15) is 56.6 Å². The zero-order chi connectivity index (χ0) is 20.8. The Balaban J connectivity index is 1.49. The number of carbonyl (C=O) groups excluding carboxylic acids is 2.